The molecule has 13 heavy (non-hydrogen) atoms. The molecule has 0 N–H and O–H groups in total. The van der Waals surface area contributed by atoms with Crippen LogP contribution in [0.1, 0.15) is 13.8 Å². The Morgan fingerprint density at radius 3 is 2.92 bits per heavy atom. The van der Waals surface area contributed by atoms with E-state index < -0.39 is 0 Å². The molecule has 0 saturated carbocycles. The van der Waals surface area contributed by atoms with Crippen LogP contribution in [0.4, 0.5) is 0 Å². The molecule has 0 spiro atoms. The van der Waals surface area contributed by atoms with E-state index in [2.05, 4.69) is 10.3 Å². The van der Waals surface area contributed by atoms with Gasteiger partial charge in [0.05, 0.1) is 5.52 Å². The van der Waals surface area contributed by atoms with Crippen molar-refractivity contribution in [3.05, 3.63) is 30.3 Å². The van der Waals surface area contributed by atoms with Gasteiger partial charge < -0.3 is 0 Å². The van der Waals surface area contributed by atoms with E-state index in [1.54, 1.807) is 0 Å². The first-order valence-corrected chi connectivity index (χ1v) is 4.26. The number of para-hydroxylation sites is 1. The molecule has 66 valence electrons. The van der Waals surface area contributed by atoms with Crippen molar-refractivity contribution in [3.63, 3.8) is 0 Å². The van der Waals surface area contributed by atoms with Gasteiger partial charge in [0, 0.05) is 5.70 Å². The highest BCUT2D eigenvalue weighted by Crippen LogP contribution is 2.13. The quantitative estimate of drug-likeness (QED) is 0.662. The lowest BCUT2D eigenvalue weighted by molar-refractivity contribution is 0.834. The largest absolute Gasteiger partial charge is 0.218 e. The van der Waals surface area contributed by atoms with Crippen LogP contribution >= 0.6 is 0 Å². The summed E-state index contributed by atoms with van der Waals surface area (Å²) in [5.41, 5.74) is 3.08. The number of allylic oxidation sites excluding steroid dienone is 2. The zero-order chi connectivity index (χ0) is 9.26. The van der Waals surface area contributed by atoms with E-state index in [-0.39, 0.29) is 0 Å². The van der Waals surface area contributed by atoms with Gasteiger partial charge in [0.2, 0.25) is 0 Å². The Morgan fingerprint density at radius 1 is 1.38 bits per heavy atom. The molecule has 0 aliphatic rings. The number of hydrogen-bond acceptors (Lipinski definition) is 2. The van der Waals surface area contributed by atoms with Gasteiger partial charge in [0.15, 0.2) is 0 Å². The van der Waals surface area contributed by atoms with Gasteiger partial charge in [-0.15, -0.1) is 5.10 Å². The van der Waals surface area contributed by atoms with Gasteiger partial charge in [-0.1, -0.05) is 23.4 Å². The van der Waals surface area contributed by atoms with Crippen molar-refractivity contribution in [3.8, 4) is 0 Å². The summed E-state index contributed by atoms with van der Waals surface area (Å²) in [6, 6.07) is 7.93. The Kier molecular flexibility index (Phi) is 1.85. The summed E-state index contributed by atoms with van der Waals surface area (Å²) in [6.07, 6.45) is 2.02. The number of aromatic nitrogens is 3. The van der Waals surface area contributed by atoms with E-state index in [9.17, 15) is 0 Å². The summed E-state index contributed by atoms with van der Waals surface area (Å²) in [5, 5.41) is 8.12. The van der Waals surface area contributed by atoms with Gasteiger partial charge in [-0.2, -0.15) is 0 Å². The summed E-state index contributed by atoms with van der Waals surface area (Å²) < 4.78 is 1.84. The monoisotopic (exact) mass is 173 g/mol. The van der Waals surface area contributed by atoms with Gasteiger partial charge >= 0.3 is 0 Å². The molecule has 0 radical (unpaired) electrons. The van der Waals surface area contributed by atoms with Crippen molar-refractivity contribution < 1.29 is 0 Å². The van der Waals surface area contributed by atoms with Gasteiger partial charge in [-0.3, -0.25) is 0 Å². The average Bonchev–Trinajstić information content (AvgIpc) is 2.60. The normalized spacial score (nSPS) is 12.3. The molecule has 0 amide bonds. The van der Waals surface area contributed by atoms with Crippen LogP contribution in [0, 0.1) is 0 Å². The molecule has 1 aromatic heterocycles. The second-order valence-electron chi connectivity index (χ2n) is 2.92. The first-order chi connectivity index (χ1) is 6.33. The lowest BCUT2D eigenvalue weighted by atomic mass is 10.3. The lowest BCUT2D eigenvalue weighted by Crippen LogP contribution is -1.95. The summed E-state index contributed by atoms with van der Waals surface area (Å²) in [4.78, 5) is 0. The van der Waals surface area contributed by atoms with Crippen LogP contribution in [0.15, 0.2) is 30.3 Å². The highest BCUT2D eigenvalue weighted by molar-refractivity contribution is 5.77. The minimum absolute atomic E-state index is 0.934. The molecule has 0 fully saturated rings. The van der Waals surface area contributed by atoms with E-state index in [0.29, 0.717) is 0 Å². The molecule has 0 atom stereocenters. The van der Waals surface area contributed by atoms with E-state index in [1.807, 2.05) is 48.9 Å². The smallest absolute Gasteiger partial charge is 0.113 e. The predicted octanol–water partition coefficient (Wildman–Crippen LogP) is 2.31. The van der Waals surface area contributed by atoms with Crippen LogP contribution in [-0.4, -0.2) is 15.0 Å². The number of rotatable bonds is 1. The van der Waals surface area contributed by atoms with Gasteiger partial charge in [0.25, 0.3) is 0 Å². The number of nitrogens with zero attached hydrogens (tertiary/aromatic N) is 3. The Hall–Kier alpha value is -1.64. The van der Waals surface area contributed by atoms with Crippen LogP contribution in [0.3, 0.4) is 0 Å². The van der Waals surface area contributed by atoms with E-state index in [1.165, 1.54) is 0 Å². The number of fused-ring (bicyclic) bond motifs is 1. The molecule has 2 rings (SSSR count). The molecule has 1 aromatic carbocycles. The Balaban J connectivity index is 2.71. The van der Waals surface area contributed by atoms with E-state index >= 15 is 0 Å². The molecule has 0 saturated heterocycles. The topological polar surface area (TPSA) is 30.7 Å². The van der Waals surface area contributed by atoms with Gasteiger partial charge in [-0.25, -0.2) is 4.68 Å². The molecule has 0 aliphatic carbocycles. The minimum atomic E-state index is 0.934. The highest BCUT2D eigenvalue weighted by atomic mass is 15.4. The fourth-order valence-electron chi connectivity index (χ4n) is 1.25. The number of hydrogen-bond donors (Lipinski definition) is 0. The Morgan fingerprint density at radius 2 is 2.15 bits per heavy atom. The van der Waals surface area contributed by atoms with Crippen molar-refractivity contribution in [2.75, 3.05) is 0 Å². The maximum atomic E-state index is 4.06. The molecular formula is C10H11N3. The van der Waals surface area contributed by atoms with Crippen LogP contribution in [0.2, 0.25) is 0 Å². The third-order valence-electron chi connectivity index (χ3n) is 2.10. The maximum Gasteiger partial charge on any atom is 0.113 e. The van der Waals surface area contributed by atoms with Crippen molar-refractivity contribution in [2.45, 2.75) is 13.8 Å². The van der Waals surface area contributed by atoms with Crippen LogP contribution < -0.4 is 0 Å². The average molecular weight is 173 g/mol. The van der Waals surface area contributed by atoms with E-state index in [0.717, 1.165) is 16.7 Å². The minimum Gasteiger partial charge on any atom is -0.218 e. The molecule has 0 unspecified atom stereocenters. The summed E-state index contributed by atoms with van der Waals surface area (Å²) in [6.45, 7) is 4.01. The standard InChI is InChI=1S/C10H11N3/c1-3-8(2)13-10-7-5-4-6-9(10)11-12-13/h3-7H,1-2H3. The van der Waals surface area contributed by atoms with Crippen molar-refractivity contribution >= 4 is 16.7 Å². The molecule has 3 nitrogen and oxygen atoms in total. The Bertz CT molecular complexity index is 454. The zero-order valence-electron chi connectivity index (χ0n) is 7.73. The van der Waals surface area contributed by atoms with E-state index in [4.69, 9.17) is 0 Å². The zero-order valence-corrected chi connectivity index (χ0v) is 7.73. The molecule has 0 aliphatic heterocycles. The second kappa shape index (κ2) is 3.01. The third kappa shape index (κ3) is 1.22. The fraction of sp³-hybridized carbons (Fsp3) is 0.200. The lowest BCUT2D eigenvalue weighted by Gasteiger charge is -1.99. The van der Waals surface area contributed by atoms with Crippen LogP contribution in [0.25, 0.3) is 16.7 Å². The first-order valence-electron chi connectivity index (χ1n) is 4.26. The SMILES string of the molecule is CC=C(C)n1nnc2ccccc21. The third-order valence-corrected chi connectivity index (χ3v) is 2.10. The van der Waals surface area contributed by atoms with Crippen LogP contribution in [-0.2, 0) is 0 Å². The molecule has 1 heterocycles. The molecule has 2 aromatic rings. The fourth-order valence-corrected chi connectivity index (χ4v) is 1.25. The van der Waals surface area contributed by atoms with Crippen molar-refractivity contribution in [2.24, 2.45) is 0 Å². The first kappa shape index (κ1) is 7.98. The van der Waals surface area contributed by atoms with Gasteiger partial charge in [-0.05, 0) is 26.0 Å². The molecule has 3 heteroatoms. The maximum absolute atomic E-state index is 4.06. The Labute approximate surface area is 76.7 Å². The number of benzene rings is 1. The summed E-state index contributed by atoms with van der Waals surface area (Å²) in [5.74, 6) is 0. The van der Waals surface area contributed by atoms with Gasteiger partial charge in [0.1, 0.15) is 5.52 Å². The summed E-state index contributed by atoms with van der Waals surface area (Å²) >= 11 is 0. The van der Waals surface area contributed by atoms with Crippen molar-refractivity contribution in [1.82, 2.24) is 15.0 Å². The van der Waals surface area contributed by atoms with Crippen molar-refractivity contribution in [1.29, 1.82) is 0 Å². The molecule has 0 bridgehead atoms. The predicted molar refractivity (Wildman–Crippen MR) is 53.1 cm³/mol. The van der Waals surface area contributed by atoms with Crippen LogP contribution in [0.5, 0.6) is 0 Å². The second-order valence-corrected chi connectivity index (χ2v) is 2.92. The summed E-state index contributed by atoms with van der Waals surface area (Å²) in [7, 11) is 0. The molecular weight excluding hydrogens is 162 g/mol. The highest BCUT2D eigenvalue weighted by Gasteiger charge is 2.02.